The summed E-state index contributed by atoms with van der Waals surface area (Å²) >= 11 is 6.06. The van der Waals surface area contributed by atoms with Gasteiger partial charge in [-0.1, -0.05) is 43.7 Å². The summed E-state index contributed by atoms with van der Waals surface area (Å²) in [6.45, 7) is 4.82. The first kappa shape index (κ1) is 21.6. The maximum Gasteiger partial charge on any atom is 0.330 e. The molecule has 7 nitrogen and oxygen atoms in total. The zero-order chi connectivity index (χ0) is 22.4. The summed E-state index contributed by atoms with van der Waals surface area (Å²) in [5.41, 5.74) is 1.36. The predicted octanol–water partition coefficient (Wildman–Crippen LogP) is 2.96. The van der Waals surface area contributed by atoms with Crippen LogP contribution in [0.3, 0.4) is 0 Å². The van der Waals surface area contributed by atoms with Gasteiger partial charge >= 0.3 is 5.97 Å². The van der Waals surface area contributed by atoms with Gasteiger partial charge in [0, 0.05) is 10.7 Å². The molecule has 0 aromatic heterocycles. The normalized spacial score (nSPS) is 27.1. The molecular formula is C23H25ClN2O5. The standard InChI is InChI=1S/C23H25ClN2O5/c1-11(2)20(26-21(28)18-13-5-6-14(8-13)19(18)22(26)29)23(30)31-10-17(27)25-15-7-4-12(3)16(24)9-15/h4-7,9,11,13-14,18-20H,8,10H2,1-3H3,(H,25,27)/t13-,14-,18-,19+,20-/m0/s1. The number of halogens is 1. The van der Waals surface area contributed by atoms with Crippen molar-refractivity contribution in [1.29, 1.82) is 0 Å². The zero-order valence-electron chi connectivity index (χ0n) is 17.6. The van der Waals surface area contributed by atoms with Crippen LogP contribution in [0.5, 0.6) is 0 Å². The van der Waals surface area contributed by atoms with E-state index in [1.54, 1.807) is 32.0 Å². The van der Waals surface area contributed by atoms with Crippen LogP contribution >= 0.6 is 11.6 Å². The molecule has 0 radical (unpaired) electrons. The number of imide groups is 1. The van der Waals surface area contributed by atoms with Crippen LogP contribution in [0, 0.1) is 36.5 Å². The summed E-state index contributed by atoms with van der Waals surface area (Å²) in [4.78, 5) is 52.2. The number of carbonyl (C=O) groups excluding carboxylic acids is 4. The number of rotatable bonds is 6. The van der Waals surface area contributed by atoms with Crippen LogP contribution in [0.1, 0.15) is 25.8 Å². The number of anilines is 1. The van der Waals surface area contributed by atoms with E-state index in [2.05, 4.69) is 5.32 Å². The molecule has 5 atom stereocenters. The highest BCUT2D eigenvalue weighted by molar-refractivity contribution is 6.31. The smallest absolute Gasteiger partial charge is 0.330 e. The lowest BCUT2D eigenvalue weighted by molar-refractivity contribution is -0.162. The summed E-state index contributed by atoms with van der Waals surface area (Å²) in [5, 5.41) is 3.13. The molecule has 3 amide bonds. The van der Waals surface area contributed by atoms with Crippen LogP contribution in [-0.2, 0) is 23.9 Å². The van der Waals surface area contributed by atoms with Crippen LogP contribution in [-0.4, -0.2) is 41.2 Å². The highest BCUT2D eigenvalue weighted by Crippen LogP contribution is 2.53. The molecule has 0 spiro atoms. The average molecular weight is 445 g/mol. The summed E-state index contributed by atoms with van der Waals surface area (Å²) in [6, 6.07) is 4.02. The molecular weight excluding hydrogens is 420 g/mol. The molecule has 31 heavy (non-hydrogen) atoms. The number of hydrogen-bond donors (Lipinski definition) is 1. The summed E-state index contributed by atoms with van der Waals surface area (Å²) < 4.78 is 5.21. The van der Waals surface area contributed by atoms with Crippen molar-refractivity contribution in [3.8, 4) is 0 Å². The second kappa shape index (κ2) is 8.11. The van der Waals surface area contributed by atoms with Crippen LogP contribution in [0.15, 0.2) is 30.4 Å². The molecule has 164 valence electrons. The molecule has 2 aliphatic carbocycles. The van der Waals surface area contributed by atoms with Crippen molar-refractivity contribution in [1.82, 2.24) is 4.90 Å². The van der Waals surface area contributed by atoms with E-state index in [9.17, 15) is 19.2 Å². The first-order valence-electron chi connectivity index (χ1n) is 10.5. The number of ether oxygens (including phenoxy) is 1. The lowest BCUT2D eigenvalue weighted by atomic mass is 9.85. The number of carbonyl (C=O) groups is 4. The lowest BCUT2D eigenvalue weighted by Crippen LogP contribution is -2.50. The van der Waals surface area contributed by atoms with E-state index in [0.717, 1.165) is 16.9 Å². The first-order chi connectivity index (χ1) is 14.7. The van der Waals surface area contributed by atoms with Crippen LogP contribution in [0.4, 0.5) is 5.69 Å². The van der Waals surface area contributed by atoms with E-state index in [4.69, 9.17) is 16.3 Å². The molecule has 1 aromatic carbocycles. The van der Waals surface area contributed by atoms with Gasteiger partial charge in [0.15, 0.2) is 6.61 Å². The van der Waals surface area contributed by atoms with Crippen LogP contribution in [0.2, 0.25) is 5.02 Å². The van der Waals surface area contributed by atoms with E-state index in [1.807, 2.05) is 19.1 Å². The maximum atomic E-state index is 13.0. The molecule has 4 rings (SSSR count). The van der Waals surface area contributed by atoms with Crippen molar-refractivity contribution in [3.05, 3.63) is 40.9 Å². The average Bonchev–Trinajstić information content (AvgIpc) is 3.39. The first-order valence-corrected chi connectivity index (χ1v) is 10.8. The Hall–Kier alpha value is -2.67. The van der Waals surface area contributed by atoms with Crippen molar-refractivity contribution in [2.24, 2.45) is 29.6 Å². The molecule has 1 saturated heterocycles. The summed E-state index contributed by atoms with van der Waals surface area (Å²) in [7, 11) is 0. The quantitative estimate of drug-likeness (QED) is 0.413. The highest BCUT2D eigenvalue weighted by atomic mass is 35.5. The van der Waals surface area contributed by atoms with E-state index >= 15 is 0 Å². The van der Waals surface area contributed by atoms with Gasteiger partial charge in [0.1, 0.15) is 6.04 Å². The fourth-order valence-electron chi connectivity index (χ4n) is 4.97. The van der Waals surface area contributed by atoms with Crippen LogP contribution < -0.4 is 5.32 Å². The Labute approximate surface area is 185 Å². The third kappa shape index (κ3) is 3.76. The molecule has 3 aliphatic rings. The minimum absolute atomic E-state index is 0.0624. The molecule has 8 heteroatoms. The van der Waals surface area contributed by atoms with E-state index in [0.29, 0.717) is 10.7 Å². The number of benzene rings is 1. The molecule has 1 aromatic rings. The van der Waals surface area contributed by atoms with Gasteiger partial charge in [-0.2, -0.15) is 0 Å². The van der Waals surface area contributed by atoms with Gasteiger partial charge < -0.3 is 10.1 Å². The topological polar surface area (TPSA) is 92.8 Å². The number of likely N-dealkylation sites (tertiary alicyclic amines) is 1. The largest absolute Gasteiger partial charge is 0.454 e. The number of nitrogens with zero attached hydrogens (tertiary/aromatic N) is 1. The SMILES string of the molecule is Cc1ccc(NC(=O)COC(=O)[C@H](C(C)C)N2C(=O)[C@@H]3[C@H](C2=O)[C@H]2C=C[C@H]3C2)cc1Cl. The van der Waals surface area contributed by atoms with Crippen molar-refractivity contribution < 1.29 is 23.9 Å². The molecule has 1 aliphatic heterocycles. The van der Waals surface area contributed by atoms with Gasteiger partial charge in [-0.15, -0.1) is 0 Å². The van der Waals surface area contributed by atoms with Gasteiger partial charge in [0.2, 0.25) is 11.8 Å². The predicted molar refractivity (Wildman–Crippen MR) is 114 cm³/mol. The minimum atomic E-state index is -1.05. The Morgan fingerprint density at radius 1 is 1.16 bits per heavy atom. The molecule has 2 bridgehead atoms. The van der Waals surface area contributed by atoms with E-state index < -0.39 is 24.5 Å². The molecule has 0 unspecified atom stereocenters. The minimum Gasteiger partial charge on any atom is -0.454 e. The number of fused-ring (bicyclic) bond motifs is 5. The Morgan fingerprint density at radius 2 is 1.77 bits per heavy atom. The Bertz CT molecular complexity index is 958. The number of nitrogens with one attached hydrogen (secondary N) is 1. The van der Waals surface area contributed by atoms with Gasteiger partial charge in [-0.25, -0.2) is 4.79 Å². The highest BCUT2D eigenvalue weighted by Gasteiger charge is 2.61. The fraction of sp³-hybridized carbons (Fsp3) is 0.478. The van der Waals surface area contributed by atoms with Crippen molar-refractivity contribution in [2.45, 2.75) is 33.2 Å². The van der Waals surface area contributed by atoms with Crippen molar-refractivity contribution >= 4 is 41.0 Å². The summed E-state index contributed by atoms with van der Waals surface area (Å²) in [5.74, 6) is -2.88. The number of aryl methyl sites for hydroxylation is 1. The second-order valence-corrected chi connectivity index (χ2v) is 9.26. The van der Waals surface area contributed by atoms with Crippen molar-refractivity contribution in [3.63, 3.8) is 0 Å². The molecule has 2 fully saturated rings. The lowest BCUT2D eigenvalue weighted by Gasteiger charge is -2.28. The van der Waals surface area contributed by atoms with Gasteiger partial charge in [-0.3, -0.25) is 19.3 Å². The van der Waals surface area contributed by atoms with E-state index in [-0.39, 0.29) is 41.4 Å². The van der Waals surface area contributed by atoms with E-state index in [1.165, 1.54) is 0 Å². The molecule has 1 saturated carbocycles. The second-order valence-electron chi connectivity index (χ2n) is 8.86. The Balaban J connectivity index is 1.41. The molecule has 1 N–H and O–H groups in total. The maximum absolute atomic E-state index is 13.0. The zero-order valence-corrected chi connectivity index (χ0v) is 18.4. The monoisotopic (exact) mass is 444 g/mol. The Morgan fingerprint density at radius 3 is 2.32 bits per heavy atom. The van der Waals surface area contributed by atoms with Gasteiger partial charge in [0.05, 0.1) is 11.8 Å². The molecule has 1 heterocycles. The number of allylic oxidation sites excluding steroid dienone is 2. The Kier molecular flexibility index (Phi) is 5.64. The fourth-order valence-corrected chi connectivity index (χ4v) is 5.15. The number of esters is 1. The third-order valence-corrected chi connectivity index (χ3v) is 6.86. The third-order valence-electron chi connectivity index (χ3n) is 6.46. The summed E-state index contributed by atoms with van der Waals surface area (Å²) in [6.07, 6.45) is 4.83. The van der Waals surface area contributed by atoms with Crippen LogP contribution in [0.25, 0.3) is 0 Å². The van der Waals surface area contributed by atoms with Crippen molar-refractivity contribution in [2.75, 3.05) is 11.9 Å². The van der Waals surface area contributed by atoms with Gasteiger partial charge in [0.25, 0.3) is 5.91 Å². The number of amides is 3. The number of hydrogen-bond acceptors (Lipinski definition) is 5. The van der Waals surface area contributed by atoms with Gasteiger partial charge in [-0.05, 0) is 48.8 Å².